The van der Waals surface area contributed by atoms with Gasteiger partial charge in [0.05, 0.1) is 18.1 Å². The van der Waals surface area contributed by atoms with Gasteiger partial charge in [0.15, 0.2) is 0 Å². The SMILES string of the molecule is CC(C)(O)c1ncc(S(=O)(=O)c2cnn(-c3c4c(cc5c3CCC5)CCC4)c2)s1. The van der Waals surface area contributed by atoms with Crippen LogP contribution in [-0.4, -0.2) is 28.3 Å². The second-order valence-corrected chi connectivity index (χ2v) is 11.6. The van der Waals surface area contributed by atoms with Gasteiger partial charge in [0, 0.05) is 6.20 Å². The number of aromatic nitrogens is 3. The molecular weight excluding hydrogens is 406 g/mol. The lowest BCUT2D eigenvalue weighted by Crippen LogP contribution is -2.14. The van der Waals surface area contributed by atoms with E-state index in [9.17, 15) is 13.5 Å². The highest BCUT2D eigenvalue weighted by Gasteiger charge is 2.29. The van der Waals surface area contributed by atoms with Crippen LogP contribution in [0, 0.1) is 0 Å². The number of hydrogen-bond acceptors (Lipinski definition) is 6. The van der Waals surface area contributed by atoms with Crippen molar-refractivity contribution in [1.29, 1.82) is 0 Å². The molecule has 2 aliphatic carbocycles. The lowest BCUT2D eigenvalue weighted by Gasteiger charge is -2.14. The van der Waals surface area contributed by atoms with Gasteiger partial charge in [0.1, 0.15) is 19.7 Å². The van der Waals surface area contributed by atoms with Crippen molar-refractivity contribution in [3.63, 3.8) is 0 Å². The van der Waals surface area contributed by atoms with E-state index in [-0.39, 0.29) is 9.10 Å². The number of fused-ring (bicyclic) bond motifs is 2. The van der Waals surface area contributed by atoms with Crippen molar-refractivity contribution in [2.75, 3.05) is 0 Å². The van der Waals surface area contributed by atoms with Gasteiger partial charge in [0.2, 0.25) is 9.84 Å². The molecule has 8 heteroatoms. The molecular formula is C21H23N3O3S2. The second-order valence-electron chi connectivity index (χ2n) is 8.38. The Kier molecular flexibility index (Phi) is 4.24. The molecule has 0 amide bonds. The molecule has 2 heterocycles. The van der Waals surface area contributed by atoms with E-state index < -0.39 is 15.4 Å². The van der Waals surface area contributed by atoms with Crippen molar-refractivity contribution < 1.29 is 13.5 Å². The summed E-state index contributed by atoms with van der Waals surface area (Å²) in [6.07, 6.45) is 10.9. The predicted molar refractivity (Wildman–Crippen MR) is 110 cm³/mol. The van der Waals surface area contributed by atoms with E-state index in [0.717, 1.165) is 55.5 Å². The third-order valence-electron chi connectivity index (χ3n) is 5.81. The monoisotopic (exact) mass is 429 g/mol. The first-order chi connectivity index (χ1) is 13.7. The zero-order valence-electron chi connectivity index (χ0n) is 16.5. The Balaban J connectivity index is 1.58. The van der Waals surface area contributed by atoms with Crippen molar-refractivity contribution in [2.45, 2.75) is 67.1 Å². The average Bonchev–Trinajstić information content (AvgIpc) is 3.45. The van der Waals surface area contributed by atoms with Gasteiger partial charge in [-0.3, -0.25) is 0 Å². The number of hydrogen-bond donors (Lipinski definition) is 1. The summed E-state index contributed by atoms with van der Waals surface area (Å²) in [4.78, 5) is 4.26. The fourth-order valence-corrected chi connectivity index (χ4v) is 6.88. The molecule has 3 aromatic rings. The molecule has 0 unspecified atom stereocenters. The van der Waals surface area contributed by atoms with Crippen LogP contribution in [0.1, 0.15) is 54.0 Å². The number of thiazole rings is 1. The molecule has 0 saturated carbocycles. The number of aryl methyl sites for hydroxylation is 2. The minimum atomic E-state index is -3.73. The Labute approximate surface area is 174 Å². The van der Waals surface area contributed by atoms with E-state index in [1.807, 2.05) is 0 Å². The molecule has 5 rings (SSSR count). The Morgan fingerprint density at radius 3 is 2.31 bits per heavy atom. The number of aliphatic hydroxyl groups is 1. The zero-order valence-corrected chi connectivity index (χ0v) is 18.1. The summed E-state index contributed by atoms with van der Waals surface area (Å²) in [5.41, 5.74) is 5.33. The van der Waals surface area contributed by atoms with Crippen LogP contribution in [0.4, 0.5) is 0 Å². The van der Waals surface area contributed by atoms with Crippen LogP contribution in [-0.2, 0) is 41.1 Å². The number of nitrogens with zero attached hydrogens (tertiary/aromatic N) is 3. The van der Waals surface area contributed by atoms with Crippen LogP contribution < -0.4 is 0 Å². The number of rotatable bonds is 4. The molecule has 2 aromatic heterocycles. The van der Waals surface area contributed by atoms with E-state index in [1.165, 1.54) is 34.6 Å². The van der Waals surface area contributed by atoms with Crippen molar-refractivity contribution >= 4 is 21.2 Å². The predicted octanol–water partition coefficient (Wildman–Crippen LogP) is 3.37. The Bertz CT molecular complexity index is 1180. The summed E-state index contributed by atoms with van der Waals surface area (Å²) >= 11 is 1.00. The molecule has 0 saturated heterocycles. The zero-order chi connectivity index (χ0) is 20.4. The lowest BCUT2D eigenvalue weighted by molar-refractivity contribution is 0.0783. The molecule has 6 nitrogen and oxygen atoms in total. The number of benzene rings is 1. The molecule has 0 aliphatic heterocycles. The maximum absolute atomic E-state index is 13.1. The first-order valence-corrected chi connectivity index (χ1v) is 12.2. The van der Waals surface area contributed by atoms with Gasteiger partial charge < -0.3 is 5.11 Å². The van der Waals surface area contributed by atoms with Gasteiger partial charge in [-0.25, -0.2) is 18.1 Å². The maximum Gasteiger partial charge on any atom is 0.220 e. The summed E-state index contributed by atoms with van der Waals surface area (Å²) in [7, 11) is -3.73. The molecule has 152 valence electrons. The third kappa shape index (κ3) is 3.05. The van der Waals surface area contributed by atoms with Crippen molar-refractivity contribution in [2.24, 2.45) is 0 Å². The highest BCUT2D eigenvalue weighted by atomic mass is 32.2. The Hall–Kier alpha value is -2.03. The molecule has 1 N–H and O–H groups in total. The molecule has 0 atom stereocenters. The first-order valence-electron chi connectivity index (χ1n) is 9.90. The van der Waals surface area contributed by atoms with E-state index in [4.69, 9.17) is 0 Å². The van der Waals surface area contributed by atoms with Crippen molar-refractivity contribution in [3.05, 3.63) is 51.9 Å². The van der Waals surface area contributed by atoms with Crippen LogP contribution in [0.2, 0.25) is 0 Å². The second kappa shape index (κ2) is 6.48. The summed E-state index contributed by atoms with van der Waals surface area (Å²) in [6, 6.07) is 2.35. The Morgan fingerprint density at radius 1 is 1.07 bits per heavy atom. The molecule has 0 spiro atoms. The largest absolute Gasteiger partial charge is 0.383 e. The van der Waals surface area contributed by atoms with Crippen molar-refractivity contribution in [3.8, 4) is 5.69 Å². The van der Waals surface area contributed by atoms with Gasteiger partial charge in [-0.05, 0) is 74.6 Å². The topological polar surface area (TPSA) is 85.1 Å². The maximum atomic E-state index is 13.1. The molecule has 0 radical (unpaired) electrons. The van der Waals surface area contributed by atoms with Crippen LogP contribution in [0.3, 0.4) is 0 Å². The van der Waals surface area contributed by atoms with E-state index in [1.54, 1.807) is 24.7 Å². The summed E-state index contributed by atoms with van der Waals surface area (Å²) in [5.74, 6) is 0. The van der Waals surface area contributed by atoms with Crippen LogP contribution in [0.15, 0.2) is 33.8 Å². The minimum absolute atomic E-state index is 0.123. The standard InChI is InChI=1S/C21H23N3O3S2/c1-21(2,25)20-22-11-18(28-20)29(26,27)15-10-23-24(12-15)19-16-7-3-5-13(16)9-14-6-4-8-17(14)19/h9-12,25H,3-8H2,1-2H3. The normalized spacial score (nSPS) is 16.2. The highest BCUT2D eigenvalue weighted by Crippen LogP contribution is 2.38. The van der Waals surface area contributed by atoms with Gasteiger partial charge in [-0.2, -0.15) is 5.10 Å². The van der Waals surface area contributed by atoms with Gasteiger partial charge in [-0.1, -0.05) is 6.07 Å². The lowest BCUT2D eigenvalue weighted by atomic mass is 9.99. The minimum Gasteiger partial charge on any atom is -0.383 e. The summed E-state index contributed by atoms with van der Waals surface area (Å²) < 4.78 is 28.1. The fraction of sp³-hybridized carbons (Fsp3) is 0.429. The van der Waals surface area contributed by atoms with Crippen molar-refractivity contribution in [1.82, 2.24) is 14.8 Å². The quantitative estimate of drug-likeness (QED) is 0.687. The summed E-state index contributed by atoms with van der Waals surface area (Å²) in [5, 5.41) is 14.9. The third-order valence-corrected chi connectivity index (χ3v) is 9.29. The van der Waals surface area contributed by atoms with E-state index in [0.29, 0.717) is 5.01 Å². The van der Waals surface area contributed by atoms with Crippen LogP contribution in [0.5, 0.6) is 0 Å². The van der Waals surface area contributed by atoms with Gasteiger partial charge >= 0.3 is 0 Å². The van der Waals surface area contributed by atoms with Crippen LogP contribution >= 0.6 is 11.3 Å². The molecule has 29 heavy (non-hydrogen) atoms. The Morgan fingerprint density at radius 2 is 1.72 bits per heavy atom. The molecule has 2 aliphatic rings. The molecule has 0 fully saturated rings. The smallest absolute Gasteiger partial charge is 0.220 e. The molecule has 1 aromatic carbocycles. The van der Waals surface area contributed by atoms with Gasteiger partial charge in [-0.15, -0.1) is 11.3 Å². The summed E-state index contributed by atoms with van der Waals surface area (Å²) in [6.45, 7) is 3.19. The van der Waals surface area contributed by atoms with E-state index >= 15 is 0 Å². The highest BCUT2D eigenvalue weighted by molar-refractivity contribution is 7.93. The van der Waals surface area contributed by atoms with Crippen LogP contribution in [0.25, 0.3) is 5.69 Å². The number of sulfone groups is 1. The first kappa shape index (κ1) is 19.0. The van der Waals surface area contributed by atoms with Gasteiger partial charge in [0.25, 0.3) is 0 Å². The molecule has 0 bridgehead atoms. The van der Waals surface area contributed by atoms with E-state index in [2.05, 4.69) is 16.1 Å². The fourth-order valence-electron chi connectivity index (χ4n) is 4.41. The average molecular weight is 430 g/mol.